The first-order valence-corrected chi connectivity index (χ1v) is 5.72. The standard InChI is InChI=1S/C11H15N3O2/c15-10-2-1-7-5-14(6-9(7)10)11(16)8-3-12-13-4-8/h3-4,7,9-10,15H,1-2,5-6H2,(H,12,13). The van der Waals surface area contributed by atoms with Crippen molar-refractivity contribution >= 4 is 5.91 Å². The number of likely N-dealkylation sites (tertiary alicyclic amines) is 1. The summed E-state index contributed by atoms with van der Waals surface area (Å²) in [4.78, 5) is 13.9. The molecule has 1 aromatic heterocycles. The number of fused-ring (bicyclic) bond motifs is 1. The molecular formula is C11H15N3O2. The quantitative estimate of drug-likeness (QED) is 0.714. The van der Waals surface area contributed by atoms with Gasteiger partial charge in [0.15, 0.2) is 0 Å². The van der Waals surface area contributed by atoms with Crippen molar-refractivity contribution in [2.75, 3.05) is 13.1 Å². The van der Waals surface area contributed by atoms with Crippen LogP contribution in [0.5, 0.6) is 0 Å². The van der Waals surface area contributed by atoms with E-state index >= 15 is 0 Å². The highest BCUT2D eigenvalue weighted by molar-refractivity contribution is 5.93. The van der Waals surface area contributed by atoms with Crippen LogP contribution in [-0.4, -0.2) is 45.3 Å². The van der Waals surface area contributed by atoms with Crippen LogP contribution in [0.2, 0.25) is 0 Å². The Kier molecular flexibility index (Phi) is 2.21. The van der Waals surface area contributed by atoms with E-state index in [-0.39, 0.29) is 17.9 Å². The highest BCUT2D eigenvalue weighted by Gasteiger charge is 2.43. The minimum absolute atomic E-state index is 0.0235. The fraction of sp³-hybridized carbons (Fsp3) is 0.636. The second-order valence-electron chi connectivity index (χ2n) is 4.77. The summed E-state index contributed by atoms with van der Waals surface area (Å²) in [5.41, 5.74) is 0.606. The molecule has 1 aromatic rings. The third-order valence-electron chi connectivity index (χ3n) is 3.85. The molecule has 1 saturated heterocycles. The number of nitrogens with zero attached hydrogens (tertiary/aromatic N) is 2. The number of hydrogen-bond donors (Lipinski definition) is 2. The highest BCUT2D eigenvalue weighted by atomic mass is 16.3. The van der Waals surface area contributed by atoms with Gasteiger partial charge in [-0.05, 0) is 18.8 Å². The Morgan fingerprint density at radius 2 is 2.38 bits per heavy atom. The molecular weight excluding hydrogens is 206 g/mol. The van der Waals surface area contributed by atoms with Gasteiger partial charge in [-0.3, -0.25) is 9.89 Å². The van der Waals surface area contributed by atoms with Crippen LogP contribution in [-0.2, 0) is 0 Å². The Bertz CT molecular complexity index is 390. The van der Waals surface area contributed by atoms with E-state index in [2.05, 4.69) is 10.2 Å². The van der Waals surface area contributed by atoms with Gasteiger partial charge < -0.3 is 10.0 Å². The number of aliphatic hydroxyl groups is 1. The van der Waals surface area contributed by atoms with Crippen molar-refractivity contribution in [1.82, 2.24) is 15.1 Å². The molecule has 0 bridgehead atoms. The van der Waals surface area contributed by atoms with Gasteiger partial charge in [-0.25, -0.2) is 0 Å². The summed E-state index contributed by atoms with van der Waals surface area (Å²) in [6, 6.07) is 0. The van der Waals surface area contributed by atoms with Crippen LogP contribution in [0, 0.1) is 11.8 Å². The molecule has 0 spiro atoms. The molecule has 1 aliphatic carbocycles. The first-order valence-electron chi connectivity index (χ1n) is 5.72. The Labute approximate surface area is 93.5 Å². The van der Waals surface area contributed by atoms with Crippen molar-refractivity contribution in [1.29, 1.82) is 0 Å². The summed E-state index contributed by atoms with van der Waals surface area (Å²) in [5.74, 6) is 0.803. The minimum atomic E-state index is -0.216. The van der Waals surface area contributed by atoms with Crippen molar-refractivity contribution in [3.05, 3.63) is 18.0 Å². The van der Waals surface area contributed by atoms with Gasteiger partial charge >= 0.3 is 0 Å². The molecule has 16 heavy (non-hydrogen) atoms. The van der Waals surface area contributed by atoms with Gasteiger partial charge in [0.2, 0.25) is 0 Å². The smallest absolute Gasteiger partial charge is 0.257 e. The van der Waals surface area contributed by atoms with E-state index in [4.69, 9.17) is 0 Å². The lowest BCUT2D eigenvalue weighted by atomic mass is 10.00. The Morgan fingerprint density at radius 3 is 3.06 bits per heavy atom. The average molecular weight is 221 g/mol. The van der Waals surface area contributed by atoms with Crippen molar-refractivity contribution in [3.8, 4) is 0 Å². The number of aromatic nitrogens is 2. The predicted octanol–water partition coefficient (Wildman–Crippen LogP) is 0.253. The van der Waals surface area contributed by atoms with Crippen LogP contribution in [0.3, 0.4) is 0 Å². The van der Waals surface area contributed by atoms with E-state index in [0.717, 1.165) is 19.4 Å². The number of H-pyrrole nitrogens is 1. The zero-order chi connectivity index (χ0) is 11.1. The van der Waals surface area contributed by atoms with Crippen LogP contribution in [0.4, 0.5) is 0 Å². The SMILES string of the molecule is O=C(c1cn[nH]c1)N1CC2CCC(O)C2C1. The number of aromatic amines is 1. The van der Waals surface area contributed by atoms with Gasteiger partial charge in [-0.2, -0.15) is 5.10 Å². The van der Waals surface area contributed by atoms with E-state index in [1.807, 2.05) is 4.90 Å². The first kappa shape index (κ1) is 9.84. The zero-order valence-electron chi connectivity index (χ0n) is 8.97. The molecule has 1 aliphatic heterocycles. The Hall–Kier alpha value is -1.36. The van der Waals surface area contributed by atoms with Crippen LogP contribution >= 0.6 is 0 Å². The Balaban J connectivity index is 1.73. The number of carbonyl (C=O) groups excluding carboxylic acids is 1. The molecule has 1 amide bonds. The molecule has 86 valence electrons. The summed E-state index contributed by atoms with van der Waals surface area (Å²) < 4.78 is 0. The average Bonchev–Trinajstić information content (AvgIpc) is 2.96. The van der Waals surface area contributed by atoms with Gasteiger partial charge in [0, 0.05) is 25.2 Å². The molecule has 1 saturated carbocycles. The van der Waals surface area contributed by atoms with Gasteiger partial charge in [-0.15, -0.1) is 0 Å². The fourth-order valence-electron chi connectivity index (χ4n) is 2.95. The van der Waals surface area contributed by atoms with E-state index in [0.29, 0.717) is 18.0 Å². The lowest BCUT2D eigenvalue weighted by Gasteiger charge is -2.17. The second kappa shape index (κ2) is 3.59. The van der Waals surface area contributed by atoms with Crippen LogP contribution in [0.25, 0.3) is 0 Å². The number of aliphatic hydroxyl groups excluding tert-OH is 1. The third-order valence-corrected chi connectivity index (χ3v) is 3.85. The van der Waals surface area contributed by atoms with Crippen molar-refractivity contribution in [2.24, 2.45) is 11.8 Å². The molecule has 2 N–H and O–H groups in total. The second-order valence-corrected chi connectivity index (χ2v) is 4.77. The van der Waals surface area contributed by atoms with Gasteiger partial charge in [0.25, 0.3) is 5.91 Å². The molecule has 5 nitrogen and oxygen atoms in total. The third kappa shape index (κ3) is 1.43. The van der Waals surface area contributed by atoms with E-state index in [1.165, 1.54) is 0 Å². The molecule has 3 rings (SSSR count). The van der Waals surface area contributed by atoms with E-state index in [9.17, 15) is 9.90 Å². The summed E-state index contributed by atoms with van der Waals surface area (Å²) in [5, 5.41) is 16.2. The van der Waals surface area contributed by atoms with E-state index < -0.39 is 0 Å². The lowest BCUT2D eigenvalue weighted by Crippen LogP contribution is -2.30. The maximum absolute atomic E-state index is 12.0. The number of nitrogens with one attached hydrogen (secondary N) is 1. The lowest BCUT2D eigenvalue weighted by molar-refractivity contribution is 0.0752. The monoisotopic (exact) mass is 221 g/mol. The molecule has 0 radical (unpaired) electrons. The summed E-state index contributed by atoms with van der Waals surface area (Å²) in [7, 11) is 0. The van der Waals surface area contributed by atoms with E-state index in [1.54, 1.807) is 12.4 Å². The normalized spacial score (nSPS) is 33.1. The number of amides is 1. The number of rotatable bonds is 1. The van der Waals surface area contributed by atoms with Crippen LogP contribution in [0.1, 0.15) is 23.2 Å². The molecule has 2 fully saturated rings. The summed E-state index contributed by atoms with van der Waals surface area (Å²) >= 11 is 0. The van der Waals surface area contributed by atoms with Gasteiger partial charge in [0.1, 0.15) is 0 Å². The minimum Gasteiger partial charge on any atom is -0.393 e. The first-order chi connectivity index (χ1) is 7.75. The molecule has 2 aliphatic rings. The highest BCUT2D eigenvalue weighted by Crippen LogP contribution is 2.38. The topological polar surface area (TPSA) is 69.2 Å². The predicted molar refractivity (Wildman–Crippen MR) is 56.7 cm³/mol. The van der Waals surface area contributed by atoms with Crippen LogP contribution < -0.4 is 0 Å². The largest absolute Gasteiger partial charge is 0.393 e. The van der Waals surface area contributed by atoms with Crippen LogP contribution in [0.15, 0.2) is 12.4 Å². The maximum atomic E-state index is 12.0. The Morgan fingerprint density at radius 1 is 1.50 bits per heavy atom. The van der Waals surface area contributed by atoms with Gasteiger partial charge in [-0.1, -0.05) is 0 Å². The maximum Gasteiger partial charge on any atom is 0.257 e. The van der Waals surface area contributed by atoms with Gasteiger partial charge in [0.05, 0.1) is 17.9 Å². The molecule has 2 heterocycles. The van der Waals surface area contributed by atoms with Crippen molar-refractivity contribution in [3.63, 3.8) is 0 Å². The van der Waals surface area contributed by atoms with Crippen molar-refractivity contribution in [2.45, 2.75) is 18.9 Å². The molecule has 3 unspecified atom stereocenters. The zero-order valence-corrected chi connectivity index (χ0v) is 8.97. The summed E-state index contributed by atoms with van der Waals surface area (Å²) in [6.45, 7) is 1.47. The fourth-order valence-corrected chi connectivity index (χ4v) is 2.95. The molecule has 5 heteroatoms. The molecule has 3 atom stereocenters. The van der Waals surface area contributed by atoms with Crippen molar-refractivity contribution < 1.29 is 9.90 Å². The number of carbonyl (C=O) groups is 1. The number of hydrogen-bond acceptors (Lipinski definition) is 3. The summed E-state index contributed by atoms with van der Waals surface area (Å²) in [6.07, 6.45) is 4.89. The molecule has 0 aromatic carbocycles.